The smallest absolute Gasteiger partial charge is 0.256 e. The van der Waals surface area contributed by atoms with Gasteiger partial charge in [0.05, 0.1) is 18.4 Å². The molecule has 8 heteroatoms. The van der Waals surface area contributed by atoms with Crippen molar-refractivity contribution in [1.29, 1.82) is 0 Å². The zero-order chi connectivity index (χ0) is 15.6. The van der Waals surface area contributed by atoms with E-state index in [9.17, 15) is 13.2 Å². The quantitative estimate of drug-likeness (QED) is 0.897. The number of anilines is 1. The summed E-state index contributed by atoms with van der Waals surface area (Å²) in [5.74, 6) is 0.0981. The van der Waals surface area contributed by atoms with Gasteiger partial charge in [-0.05, 0) is 30.7 Å². The molecule has 2 rings (SSSR count). The van der Waals surface area contributed by atoms with Crippen LogP contribution in [0.25, 0.3) is 0 Å². The maximum atomic E-state index is 12.1. The van der Waals surface area contributed by atoms with Crippen molar-refractivity contribution in [3.8, 4) is 5.75 Å². The van der Waals surface area contributed by atoms with Gasteiger partial charge in [0.25, 0.3) is 5.91 Å². The maximum Gasteiger partial charge on any atom is 0.256 e. The summed E-state index contributed by atoms with van der Waals surface area (Å²) >= 11 is 0.903. The van der Waals surface area contributed by atoms with Crippen molar-refractivity contribution in [2.45, 2.75) is 11.1 Å². The first-order valence-electron chi connectivity index (χ1n) is 5.88. The minimum atomic E-state index is -3.79. The van der Waals surface area contributed by atoms with Crippen LogP contribution in [0, 0.1) is 6.92 Å². The Kier molecular flexibility index (Phi) is 4.31. The minimum Gasteiger partial charge on any atom is -0.495 e. The van der Waals surface area contributed by atoms with Crippen molar-refractivity contribution in [2.75, 3.05) is 12.4 Å². The van der Waals surface area contributed by atoms with Crippen molar-refractivity contribution >= 4 is 33.0 Å². The van der Waals surface area contributed by atoms with E-state index in [0.717, 1.165) is 16.9 Å². The lowest BCUT2D eigenvalue weighted by Gasteiger charge is -2.10. The Hall–Kier alpha value is -1.90. The Morgan fingerprint density at radius 2 is 2.05 bits per heavy atom. The van der Waals surface area contributed by atoms with Crippen molar-refractivity contribution in [1.82, 2.24) is 0 Å². The molecule has 1 amide bonds. The summed E-state index contributed by atoms with van der Waals surface area (Å²) in [4.78, 5) is 12.1. The fourth-order valence-electron chi connectivity index (χ4n) is 1.70. The number of primary sulfonamides is 1. The molecular weight excluding hydrogens is 312 g/mol. The number of aryl methyl sites for hydroxylation is 1. The molecule has 3 N–H and O–H groups in total. The Morgan fingerprint density at radius 3 is 2.62 bits per heavy atom. The molecule has 0 bridgehead atoms. The zero-order valence-corrected chi connectivity index (χ0v) is 13.0. The van der Waals surface area contributed by atoms with Gasteiger partial charge in [-0.15, -0.1) is 11.3 Å². The summed E-state index contributed by atoms with van der Waals surface area (Å²) in [6.45, 7) is 1.89. The van der Waals surface area contributed by atoms with E-state index in [-0.39, 0.29) is 9.77 Å². The highest BCUT2D eigenvalue weighted by Crippen LogP contribution is 2.26. The molecule has 2 aromatic rings. The largest absolute Gasteiger partial charge is 0.495 e. The molecule has 1 aromatic heterocycles. The highest BCUT2D eigenvalue weighted by molar-refractivity contribution is 7.91. The lowest BCUT2D eigenvalue weighted by atomic mass is 10.2. The predicted octanol–water partition coefficient (Wildman–Crippen LogP) is 1.96. The van der Waals surface area contributed by atoms with Crippen LogP contribution in [0.15, 0.2) is 33.9 Å². The number of hydrogen-bond acceptors (Lipinski definition) is 5. The second-order valence-electron chi connectivity index (χ2n) is 4.36. The summed E-state index contributed by atoms with van der Waals surface area (Å²) in [5, 5.41) is 9.15. The van der Waals surface area contributed by atoms with Crippen LogP contribution in [0.5, 0.6) is 5.75 Å². The number of rotatable bonds is 4. The Labute approximate surface area is 126 Å². The second kappa shape index (κ2) is 5.84. The van der Waals surface area contributed by atoms with Crippen LogP contribution >= 0.6 is 11.3 Å². The van der Waals surface area contributed by atoms with E-state index >= 15 is 0 Å². The van der Waals surface area contributed by atoms with Crippen LogP contribution in [0.2, 0.25) is 0 Å². The second-order valence-corrected chi connectivity index (χ2v) is 7.06. The Morgan fingerprint density at radius 1 is 1.33 bits per heavy atom. The standard InChI is InChI=1S/C13H14N2O4S2/c1-8-3-4-11(19-2)10(5-8)15-13(16)9-6-12(20-7-9)21(14,17)18/h3-7H,1-2H3,(H,15,16)(H2,14,17,18). The van der Waals surface area contributed by atoms with E-state index in [1.165, 1.54) is 18.6 Å². The molecular formula is C13H14N2O4S2. The van der Waals surface area contributed by atoms with Gasteiger partial charge in [-0.25, -0.2) is 13.6 Å². The molecule has 0 saturated carbocycles. The van der Waals surface area contributed by atoms with Crippen molar-refractivity contribution < 1.29 is 17.9 Å². The van der Waals surface area contributed by atoms with Gasteiger partial charge >= 0.3 is 0 Å². The van der Waals surface area contributed by atoms with Gasteiger partial charge in [-0.3, -0.25) is 4.79 Å². The number of nitrogens with one attached hydrogen (secondary N) is 1. The van der Waals surface area contributed by atoms with E-state index in [4.69, 9.17) is 9.88 Å². The van der Waals surface area contributed by atoms with Crippen molar-refractivity contribution in [3.05, 3.63) is 40.8 Å². The van der Waals surface area contributed by atoms with Gasteiger partial charge in [0.1, 0.15) is 9.96 Å². The fourth-order valence-corrected chi connectivity index (χ4v) is 3.28. The van der Waals surface area contributed by atoms with Gasteiger partial charge in [0, 0.05) is 5.38 Å². The monoisotopic (exact) mass is 326 g/mol. The van der Waals surface area contributed by atoms with Gasteiger partial charge in [0.2, 0.25) is 10.0 Å². The summed E-state index contributed by atoms with van der Waals surface area (Å²) < 4.78 is 27.5. The number of hydrogen-bond donors (Lipinski definition) is 2. The SMILES string of the molecule is COc1ccc(C)cc1NC(=O)c1csc(S(N)(=O)=O)c1. The average Bonchev–Trinajstić information content (AvgIpc) is 2.88. The van der Waals surface area contributed by atoms with Crippen LogP contribution in [0.4, 0.5) is 5.69 Å². The van der Waals surface area contributed by atoms with Crippen molar-refractivity contribution in [3.63, 3.8) is 0 Å². The zero-order valence-electron chi connectivity index (χ0n) is 11.4. The maximum absolute atomic E-state index is 12.1. The molecule has 6 nitrogen and oxygen atoms in total. The van der Waals surface area contributed by atoms with E-state index in [1.807, 2.05) is 13.0 Å². The number of methoxy groups -OCH3 is 1. The number of benzene rings is 1. The Balaban J connectivity index is 2.26. The van der Waals surface area contributed by atoms with Gasteiger partial charge in [0.15, 0.2) is 0 Å². The molecule has 0 fully saturated rings. The topological polar surface area (TPSA) is 98.5 Å². The molecule has 0 saturated heterocycles. The number of ether oxygens (including phenoxy) is 1. The average molecular weight is 326 g/mol. The predicted molar refractivity (Wildman–Crippen MR) is 81.4 cm³/mol. The molecule has 0 aliphatic heterocycles. The summed E-state index contributed by atoms with van der Waals surface area (Å²) in [5.41, 5.74) is 1.71. The van der Waals surface area contributed by atoms with Crippen LogP contribution in [-0.2, 0) is 10.0 Å². The molecule has 0 radical (unpaired) electrons. The molecule has 0 spiro atoms. The third-order valence-corrected chi connectivity index (χ3v) is 5.11. The van der Waals surface area contributed by atoms with E-state index in [2.05, 4.69) is 5.32 Å². The highest BCUT2D eigenvalue weighted by atomic mass is 32.2. The molecule has 0 aliphatic carbocycles. The van der Waals surface area contributed by atoms with Gasteiger partial charge < -0.3 is 10.1 Å². The van der Waals surface area contributed by atoms with E-state index < -0.39 is 15.9 Å². The first-order chi connectivity index (χ1) is 9.81. The molecule has 1 heterocycles. The molecule has 21 heavy (non-hydrogen) atoms. The van der Waals surface area contributed by atoms with Gasteiger partial charge in [-0.2, -0.15) is 0 Å². The third-order valence-electron chi connectivity index (χ3n) is 2.72. The van der Waals surface area contributed by atoms with Crippen LogP contribution in [0.3, 0.4) is 0 Å². The number of sulfonamides is 1. The number of thiophene rings is 1. The molecule has 1 aromatic carbocycles. The molecule has 112 valence electrons. The third kappa shape index (κ3) is 3.60. The molecule has 0 aliphatic rings. The van der Waals surface area contributed by atoms with Crippen LogP contribution < -0.4 is 15.2 Å². The van der Waals surface area contributed by atoms with Crippen molar-refractivity contribution in [2.24, 2.45) is 5.14 Å². The van der Waals surface area contributed by atoms with E-state index in [0.29, 0.717) is 11.4 Å². The summed E-state index contributed by atoms with van der Waals surface area (Å²) in [6.07, 6.45) is 0. The minimum absolute atomic E-state index is 0.0520. The molecule has 0 atom stereocenters. The number of amides is 1. The fraction of sp³-hybridized carbons (Fsp3) is 0.154. The number of carbonyl (C=O) groups is 1. The summed E-state index contributed by atoms with van der Waals surface area (Å²) in [7, 11) is -2.29. The first kappa shape index (κ1) is 15.5. The van der Waals surface area contributed by atoms with E-state index in [1.54, 1.807) is 12.1 Å². The molecule has 0 unspecified atom stereocenters. The van der Waals surface area contributed by atoms with Crippen LogP contribution in [0.1, 0.15) is 15.9 Å². The summed E-state index contributed by atoms with van der Waals surface area (Å²) in [6, 6.07) is 6.62. The number of nitrogens with two attached hydrogens (primary N) is 1. The Bertz CT molecular complexity index is 781. The lowest BCUT2D eigenvalue weighted by molar-refractivity contribution is 0.102. The van der Waals surface area contributed by atoms with Gasteiger partial charge in [-0.1, -0.05) is 6.07 Å². The van der Waals surface area contributed by atoms with Crippen LogP contribution in [-0.4, -0.2) is 21.4 Å². The number of carbonyl (C=O) groups excluding carboxylic acids is 1. The highest BCUT2D eigenvalue weighted by Gasteiger charge is 2.16. The normalized spacial score (nSPS) is 11.2. The lowest BCUT2D eigenvalue weighted by Crippen LogP contribution is -2.13. The first-order valence-corrected chi connectivity index (χ1v) is 8.31.